The van der Waals surface area contributed by atoms with Crippen LogP contribution in [0.1, 0.15) is 11.1 Å². The lowest BCUT2D eigenvalue weighted by atomic mass is 9.99. The van der Waals surface area contributed by atoms with Crippen molar-refractivity contribution in [3.05, 3.63) is 102 Å². The molecule has 0 aliphatic carbocycles. The summed E-state index contributed by atoms with van der Waals surface area (Å²) in [5.74, 6) is 0. The Morgan fingerprint density at radius 1 is 0.892 bits per heavy atom. The number of morpholine rings is 1. The van der Waals surface area contributed by atoms with Gasteiger partial charge in [-0.25, -0.2) is 4.98 Å². The van der Waals surface area contributed by atoms with E-state index in [-0.39, 0.29) is 0 Å². The molecule has 2 aromatic heterocycles. The number of anilines is 1. The second-order valence-electron chi connectivity index (χ2n) is 9.11. The van der Waals surface area contributed by atoms with E-state index in [0.717, 1.165) is 70.2 Å². The van der Waals surface area contributed by atoms with Crippen molar-refractivity contribution in [2.75, 3.05) is 31.2 Å². The van der Waals surface area contributed by atoms with E-state index in [1.807, 2.05) is 37.4 Å². The van der Waals surface area contributed by atoms with Crippen LogP contribution in [-0.4, -0.2) is 35.3 Å². The summed E-state index contributed by atoms with van der Waals surface area (Å²) in [6.45, 7) is 5.33. The molecule has 0 saturated carbocycles. The van der Waals surface area contributed by atoms with Gasteiger partial charge in [0, 0.05) is 35.3 Å². The van der Waals surface area contributed by atoms with Gasteiger partial charge >= 0.3 is 0 Å². The summed E-state index contributed by atoms with van der Waals surface area (Å²) in [6, 6.07) is 31.8. The van der Waals surface area contributed by atoms with Crippen LogP contribution in [0.3, 0.4) is 0 Å². The molecule has 1 saturated heterocycles. The summed E-state index contributed by atoms with van der Waals surface area (Å²) in [4.78, 5) is 8.32. The fourth-order valence-corrected chi connectivity index (χ4v) is 5.76. The number of nitrogens with zero attached hydrogens (tertiary/aromatic N) is 4. The fourth-order valence-electron chi connectivity index (χ4n) is 4.78. The molecule has 6 heteroatoms. The highest BCUT2D eigenvalue weighted by atomic mass is 32.2. The van der Waals surface area contributed by atoms with Crippen LogP contribution in [0.4, 0.5) is 5.69 Å². The molecule has 0 radical (unpaired) electrons. The normalized spacial score (nSPS) is 13.6. The second kappa shape index (κ2) is 10.1. The molecule has 182 valence electrons. The molecule has 0 spiro atoms. The third-order valence-corrected chi connectivity index (χ3v) is 7.84. The second-order valence-corrected chi connectivity index (χ2v) is 10.1. The van der Waals surface area contributed by atoms with E-state index in [1.54, 1.807) is 11.9 Å². The largest absolute Gasteiger partial charge is 0.378 e. The highest BCUT2D eigenvalue weighted by Gasteiger charge is 2.18. The van der Waals surface area contributed by atoms with Crippen molar-refractivity contribution in [2.45, 2.75) is 11.8 Å². The first-order chi connectivity index (χ1) is 18.2. The summed E-state index contributed by atoms with van der Waals surface area (Å²) in [5.41, 5.74) is 8.10. The predicted octanol–water partition coefficient (Wildman–Crippen LogP) is 6.94. The van der Waals surface area contributed by atoms with Gasteiger partial charge in [0.1, 0.15) is 0 Å². The van der Waals surface area contributed by atoms with Gasteiger partial charge < -0.3 is 9.64 Å². The van der Waals surface area contributed by atoms with Gasteiger partial charge in [0.25, 0.3) is 0 Å². The molecule has 1 aliphatic rings. The van der Waals surface area contributed by atoms with E-state index >= 15 is 0 Å². The van der Waals surface area contributed by atoms with Crippen LogP contribution in [0, 0.1) is 18.3 Å². The maximum atomic E-state index is 9.60. The number of hydrogen-bond acceptors (Lipinski definition) is 5. The maximum Gasteiger partial charge on any atom is 0.151 e. The van der Waals surface area contributed by atoms with Gasteiger partial charge in [-0.3, -0.25) is 3.97 Å². The molecule has 0 N–H and O–H groups in total. The number of nitriles is 1. The SMILES string of the molecule is Cc1ccc(-c2ccnc3c2cc(-c2ccc(N4CCOCC4)cc2)n3Sc2ccccc2)cc1C#N. The third-order valence-electron chi connectivity index (χ3n) is 6.81. The van der Waals surface area contributed by atoms with Crippen LogP contribution in [0.15, 0.2) is 96.0 Å². The molecule has 0 unspecified atom stereocenters. The van der Waals surface area contributed by atoms with Crippen LogP contribution in [0.25, 0.3) is 33.4 Å². The lowest BCUT2D eigenvalue weighted by Crippen LogP contribution is -2.36. The molecule has 0 bridgehead atoms. The molecule has 1 fully saturated rings. The summed E-state index contributed by atoms with van der Waals surface area (Å²) in [7, 11) is 0. The topological polar surface area (TPSA) is 54.1 Å². The number of hydrogen-bond donors (Lipinski definition) is 0. The van der Waals surface area contributed by atoms with Gasteiger partial charge in [-0.2, -0.15) is 5.26 Å². The molecule has 0 atom stereocenters. The van der Waals surface area contributed by atoms with Gasteiger partial charge in [-0.1, -0.05) is 42.5 Å². The van der Waals surface area contributed by atoms with E-state index < -0.39 is 0 Å². The molecule has 1 aliphatic heterocycles. The first-order valence-electron chi connectivity index (χ1n) is 12.4. The zero-order chi connectivity index (χ0) is 25.2. The highest BCUT2D eigenvalue weighted by molar-refractivity contribution is 7.98. The molecule has 37 heavy (non-hydrogen) atoms. The summed E-state index contributed by atoms with van der Waals surface area (Å²) in [5, 5.41) is 10.7. The number of aromatic nitrogens is 2. The van der Waals surface area contributed by atoms with Crippen LogP contribution >= 0.6 is 11.9 Å². The van der Waals surface area contributed by atoms with Gasteiger partial charge in [0.15, 0.2) is 5.65 Å². The van der Waals surface area contributed by atoms with Gasteiger partial charge in [0.05, 0.1) is 30.5 Å². The number of aryl methyl sites for hydroxylation is 1. The van der Waals surface area contributed by atoms with E-state index in [1.165, 1.54) is 5.69 Å². The van der Waals surface area contributed by atoms with E-state index in [0.29, 0.717) is 5.56 Å². The van der Waals surface area contributed by atoms with Crippen LogP contribution < -0.4 is 4.90 Å². The Balaban J connectivity index is 1.49. The zero-order valence-corrected chi connectivity index (χ0v) is 21.4. The summed E-state index contributed by atoms with van der Waals surface area (Å²) in [6.07, 6.45) is 1.86. The molecular formula is C31H26N4OS. The Labute approximate surface area is 221 Å². The van der Waals surface area contributed by atoms with Crippen molar-refractivity contribution in [3.63, 3.8) is 0 Å². The average Bonchev–Trinajstić information content (AvgIpc) is 3.33. The smallest absolute Gasteiger partial charge is 0.151 e. The number of rotatable bonds is 5. The van der Waals surface area contributed by atoms with Crippen LogP contribution in [-0.2, 0) is 4.74 Å². The summed E-state index contributed by atoms with van der Waals surface area (Å²) >= 11 is 1.67. The van der Waals surface area contributed by atoms with Gasteiger partial charge in [-0.05, 0) is 83.6 Å². The van der Waals surface area contributed by atoms with Crippen molar-refractivity contribution >= 4 is 28.7 Å². The quantitative estimate of drug-likeness (QED) is 0.260. The molecule has 5 aromatic rings. The van der Waals surface area contributed by atoms with E-state index in [4.69, 9.17) is 9.72 Å². The predicted molar refractivity (Wildman–Crippen MR) is 151 cm³/mol. The van der Waals surface area contributed by atoms with Gasteiger partial charge in [0.2, 0.25) is 0 Å². The molecule has 0 amide bonds. The van der Waals surface area contributed by atoms with Crippen LogP contribution in [0.5, 0.6) is 0 Å². The number of benzene rings is 3. The van der Waals surface area contributed by atoms with Gasteiger partial charge in [-0.15, -0.1) is 0 Å². The molecular weight excluding hydrogens is 476 g/mol. The van der Waals surface area contributed by atoms with E-state index in [2.05, 4.69) is 75.6 Å². The van der Waals surface area contributed by atoms with Crippen molar-refractivity contribution in [1.29, 1.82) is 5.26 Å². The number of fused-ring (bicyclic) bond motifs is 1. The van der Waals surface area contributed by atoms with Crippen molar-refractivity contribution in [3.8, 4) is 28.5 Å². The minimum absolute atomic E-state index is 0.694. The molecule has 3 aromatic carbocycles. The summed E-state index contributed by atoms with van der Waals surface area (Å²) < 4.78 is 7.74. The lowest BCUT2D eigenvalue weighted by Gasteiger charge is -2.28. The Morgan fingerprint density at radius 2 is 1.65 bits per heavy atom. The van der Waals surface area contributed by atoms with E-state index in [9.17, 15) is 5.26 Å². The Bertz CT molecular complexity index is 1600. The minimum atomic E-state index is 0.694. The first-order valence-corrected chi connectivity index (χ1v) is 13.2. The molecule has 3 heterocycles. The molecule has 5 nitrogen and oxygen atoms in total. The lowest BCUT2D eigenvalue weighted by molar-refractivity contribution is 0.122. The van der Waals surface area contributed by atoms with Crippen molar-refractivity contribution in [2.24, 2.45) is 0 Å². The highest BCUT2D eigenvalue weighted by Crippen LogP contribution is 2.39. The van der Waals surface area contributed by atoms with Crippen molar-refractivity contribution < 1.29 is 4.74 Å². The monoisotopic (exact) mass is 502 g/mol. The van der Waals surface area contributed by atoms with Crippen LogP contribution in [0.2, 0.25) is 0 Å². The number of pyridine rings is 1. The Kier molecular flexibility index (Phi) is 6.40. The standard InChI is InChI=1S/C31H26N4OS/c1-22-7-8-24(19-25(22)21-32)28-13-14-33-31-29(28)20-30(35(31)37-27-5-3-2-4-6-27)23-9-11-26(12-10-23)34-15-17-36-18-16-34/h2-14,19-20H,15-18H2,1H3. The Hall–Kier alpha value is -4.05. The first kappa shape index (κ1) is 23.4. The maximum absolute atomic E-state index is 9.60. The Morgan fingerprint density at radius 3 is 2.41 bits per heavy atom. The zero-order valence-electron chi connectivity index (χ0n) is 20.6. The minimum Gasteiger partial charge on any atom is -0.378 e. The third kappa shape index (κ3) is 4.60. The van der Waals surface area contributed by atoms with Crippen molar-refractivity contribution in [1.82, 2.24) is 8.96 Å². The average molecular weight is 503 g/mol. The number of ether oxygens (including phenoxy) is 1. The molecule has 6 rings (SSSR count). The fraction of sp³-hybridized carbons (Fsp3) is 0.161.